The van der Waals surface area contributed by atoms with Crippen LogP contribution in [-0.2, 0) is 6.61 Å². The number of rotatable bonds is 3. The predicted octanol–water partition coefficient (Wildman–Crippen LogP) is 3.56. The van der Waals surface area contributed by atoms with Crippen molar-refractivity contribution in [2.75, 3.05) is 0 Å². The summed E-state index contributed by atoms with van der Waals surface area (Å²) in [6.07, 6.45) is 5.05. The van der Waals surface area contributed by atoms with Crippen LogP contribution in [0.5, 0.6) is 5.75 Å². The van der Waals surface area contributed by atoms with Crippen LogP contribution in [-0.4, -0.2) is 9.97 Å². The average molecular weight is 305 g/mol. The molecule has 0 unspecified atom stereocenters. The normalized spacial score (nSPS) is 10.7. The zero-order valence-electron chi connectivity index (χ0n) is 9.34. The number of aromatic nitrogens is 2. The van der Waals surface area contributed by atoms with E-state index in [-0.39, 0.29) is 0 Å². The Bertz CT molecular complexity index is 668. The first kappa shape index (κ1) is 11.2. The fourth-order valence-electron chi connectivity index (χ4n) is 1.64. The van der Waals surface area contributed by atoms with Crippen LogP contribution in [0.1, 0.15) is 5.76 Å². The van der Waals surface area contributed by atoms with Gasteiger partial charge in [0.05, 0.1) is 11.8 Å². The average Bonchev–Trinajstić information content (AvgIpc) is 2.89. The van der Waals surface area contributed by atoms with Crippen molar-refractivity contribution >= 4 is 27.0 Å². The fraction of sp³-hybridized carbons (Fsp3) is 0.0769. The summed E-state index contributed by atoms with van der Waals surface area (Å²) in [5, 5.41) is 0. The zero-order chi connectivity index (χ0) is 12.4. The highest BCUT2D eigenvalue weighted by Gasteiger charge is 2.06. The molecule has 0 aliphatic heterocycles. The van der Waals surface area contributed by atoms with E-state index in [4.69, 9.17) is 9.15 Å². The second kappa shape index (κ2) is 4.78. The summed E-state index contributed by atoms with van der Waals surface area (Å²) in [4.78, 5) is 8.57. The molecule has 0 saturated heterocycles. The zero-order valence-corrected chi connectivity index (χ0v) is 10.9. The predicted molar refractivity (Wildman–Crippen MR) is 70.3 cm³/mol. The second-order valence-corrected chi connectivity index (χ2v) is 4.61. The number of hydrogen-bond acceptors (Lipinski definition) is 4. The van der Waals surface area contributed by atoms with Crippen molar-refractivity contribution in [2.45, 2.75) is 6.61 Å². The Labute approximate surface area is 112 Å². The fourth-order valence-corrected chi connectivity index (χ4v) is 1.96. The third kappa shape index (κ3) is 2.22. The second-order valence-electron chi connectivity index (χ2n) is 3.70. The van der Waals surface area contributed by atoms with Crippen molar-refractivity contribution in [2.24, 2.45) is 0 Å². The molecule has 0 aliphatic rings. The molecule has 0 aromatic carbocycles. The molecule has 0 saturated carbocycles. The third-order valence-electron chi connectivity index (χ3n) is 2.46. The molecule has 3 heterocycles. The van der Waals surface area contributed by atoms with Gasteiger partial charge in [-0.25, -0.2) is 4.98 Å². The minimum atomic E-state index is 0.379. The number of nitrogens with zero attached hydrogens (tertiary/aromatic N) is 2. The Kier molecular flexibility index (Phi) is 2.98. The van der Waals surface area contributed by atoms with Crippen LogP contribution < -0.4 is 4.74 Å². The summed E-state index contributed by atoms with van der Waals surface area (Å²) in [7, 11) is 0. The quantitative estimate of drug-likeness (QED) is 0.742. The lowest BCUT2D eigenvalue weighted by molar-refractivity contribution is 0.272. The molecule has 3 aromatic heterocycles. The van der Waals surface area contributed by atoms with Crippen LogP contribution in [0.2, 0.25) is 0 Å². The molecule has 90 valence electrons. The summed E-state index contributed by atoms with van der Waals surface area (Å²) < 4.78 is 11.8. The molecule has 0 aliphatic carbocycles. The largest absolute Gasteiger partial charge is 0.483 e. The van der Waals surface area contributed by atoms with Crippen molar-refractivity contribution in [3.63, 3.8) is 0 Å². The van der Waals surface area contributed by atoms with Gasteiger partial charge in [-0.15, -0.1) is 0 Å². The minimum Gasteiger partial charge on any atom is -0.483 e. The summed E-state index contributed by atoms with van der Waals surface area (Å²) in [6, 6.07) is 7.40. The van der Waals surface area contributed by atoms with Crippen molar-refractivity contribution < 1.29 is 9.15 Å². The number of hydrogen-bond donors (Lipinski definition) is 0. The van der Waals surface area contributed by atoms with Gasteiger partial charge in [0.25, 0.3) is 0 Å². The van der Waals surface area contributed by atoms with E-state index < -0.39 is 0 Å². The number of furan rings is 1. The van der Waals surface area contributed by atoms with Gasteiger partial charge in [-0.3, -0.25) is 4.98 Å². The van der Waals surface area contributed by atoms with E-state index >= 15 is 0 Å². The molecular formula is C13H9BrN2O2. The molecule has 0 amide bonds. The van der Waals surface area contributed by atoms with Crippen LogP contribution in [0.3, 0.4) is 0 Å². The van der Waals surface area contributed by atoms with Gasteiger partial charge in [-0.2, -0.15) is 0 Å². The molecule has 3 rings (SSSR count). The summed E-state index contributed by atoms with van der Waals surface area (Å²) in [6.45, 7) is 0.379. The van der Waals surface area contributed by atoms with Gasteiger partial charge in [-0.05, 0) is 34.1 Å². The van der Waals surface area contributed by atoms with Gasteiger partial charge in [0.2, 0.25) is 0 Å². The molecule has 4 nitrogen and oxygen atoms in total. The van der Waals surface area contributed by atoms with Crippen molar-refractivity contribution in [3.05, 3.63) is 53.2 Å². The van der Waals surface area contributed by atoms with Crippen molar-refractivity contribution in [1.82, 2.24) is 9.97 Å². The molecule has 0 fully saturated rings. The molecule has 0 spiro atoms. The number of pyridine rings is 2. The first-order chi connectivity index (χ1) is 8.83. The van der Waals surface area contributed by atoms with Crippen LogP contribution in [0.25, 0.3) is 11.0 Å². The van der Waals surface area contributed by atoms with Crippen LogP contribution >= 0.6 is 15.9 Å². The lowest BCUT2D eigenvalue weighted by Crippen LogP contribution is -1.96. The van der Waals surface area contributed by atoms with Gasteiger partial charge in [-0.1, -0.05) is 0 Å². The Morgan fingerprint density at radius 1 is 1.28 bits per heavy atom. The minimum absolute atomic E-state index is 0.379. The van der Waals surface area contributed by atoms with Gasteiger partial charge in [0, 0.05) is 22.9 Å². The highest BCUT2D eigenvalue weighted by molar-refractivity contribution is 9.10. The van der Waals surface area contributed by atoms with E-state index in [1.54, 1.807) is 24.7 Å². The van der Waals surface area contributed by atoms with E-state index in [0.717, 1.165) is 21.3 Å². The van der Waals surface area contributed by atoms with Crippen LogP contribution in [0, 0.1) is 0 Å². The lowest BCUT2D eigenvalue weighted by atomic mass is 10.3. The maximum atomic E-state index is 5.69. The Morgan fingerprint density at radius 3 is 3.06 bits per heavy atom. The molecule has 0 radical (unpaired) electrons. The van der Waals surface area contributed by atoms with Gasteiger partial charge in [0.1, 0.15) is 23.6 Å². The third-order valence-corrected chi connectivity index (χ3v) is 2.89. The SMILES string of the molecule is Brc1cnc2c(OCc3ccco3)ccnc2c1. The topological polar surface area (TPSA) is 48.2 Å². The standard InChI is InChI=1S/C13H9BrN2O2/c14-9-6-11-13(16-7-9)12(3-4-15-11)18-8-10-2-1-5-17-10/h1-7H,8H2. The van der Waals surface area contributed by atoms with E-state index in [1.807, 2.05) is 18.2 Å². The van der Waals surface area contributed by atoms with E-state index in [2.05, 4.69) is 25.9 Å². The maximum absolute atomic E-state index is 5.69. The van der Waals surface area contributed by atoms with Crippen molar-refractivity contribution in [3.8, 4) is 5.75 Å². The summed E-state index contributed by atoms with van der Waals surface area (Å²) in [5.41, 5.74) is 1.54. The number of ether oxygens (including phenoxy) is 1. The van der Waals surface area contributed by atoms with Crippen LogP contribution in [0.4, 0.5) is 0 Å². The number of halogens is 1. The van der Waals surface area contributed by atoms with E-state index in [1.165, 1.54) is 0 Å². The Morgan fingerprint density at radius 2 is 2.22 bits per heavy atom. The molecule has 0 atom stereocenters. The molecule has 5 heteroatoms. The first-order valence-electron chi connectivity index (χ1n) is 5.38. The van der Waals surface area contributed by atoms with E-state index in [0.29, 0.717) is 12.4 Å². The van der Waals surface area contributed by atoms with Crippen LogP contribution in [0.15, 0.2) is 51.8 Å². The van der Waals surface area contributed by atoms with Gasteiger partial charge in [0.15, 0.2) is 0 Å². The highest BCUT2D eigenvalue weighted by atomic mass is 79.9. The molecule has 0 N–H and O–H groups in total. The lowest BCUT2D eigenvalue weighted by Gasteiger charge is -2.06. The smallest absolute Gasteiger partial charge is 0.149 e. The highest BCUT2D eigenvalue weighted by Crippen LogP contribution is 2.24. The Balaban J connectivity index is 1.92. The number of fused-ring (bicyclic) bond motifs is 1. The maximum Gasteiger partial charge on any atom is 0.149 e. The van der Waals surface area contributed by atoms with Crippen molar-refractivity contribution in [1.29, 1.82) is 0 Å². The first-order valence-corrected chi connectivity index (χ1v) is 6.18. The molecule has 18 heavy (non-hydrogen) atoms. The molecular weight excluding hydrogens is 296 g/mol. The molecule has 3 aromatic rings. The van der Waals surface area contributed by atoms with E-state index in [9.17, 15) is 0 Å². The molecule has 0 bridgehead atoms. The van der Waals surface area contributed by atoms with Gasteiger partial charge >= 0.3 is 0 Å². The monoisotopic (exact) mass is 304 g/mol. The summed E-state index contributed by atoms with van der Waals surface area (Å²) in [5.74, 6) is 1.47. The Hall–Kier alpha value is -1.88. The van der Waals surface area contributed by atoms with Gasteiger partial charge < -0.3 is 9.15 Å². The summed E-state index contributed by atoms with van der Waals surface area (Å²) >= 11 is 3.37.